The van der Waals surface area contributed by atoms with Crippen LogP contribution in [0.3, 0.4) is 0 Å². The Morgan fingerprint density at radius 2 is 2.06 bits per heavy atom. The fourth-order valence-corrected chi connectivity index (χ4v) is 2.90. The number of rotatable bonds is 2. The summed E-state index contributed by atoms with van der Waals surface area (Å²) in [6.45, 7) is 1.76. The average Bonchev–Trinajstić information content (AvgIpc) is 3.11. The number of hydrogen-bond donors (Lipinski definition) is 0. The number of aromatic nitrogens is 1. The number of pyridine rings is 1. The lowest BCUT2D eigenvalue weighted by molar-refractivity contribution is 0.0792. The second-order valence-electron chi connectivity index (χ2n) is 4.41. The number of likely N-dealkylation sites (tertiary alicyclic amines) is 1. The van der Waals surface area contributed by atoms with Crippen molar-refractivity contribution in [2.24, 2.45) is 0 Å². The van der Waals surface area contributed by atoms with Gasteiger partial charge in [0, 0.05) is 19.3 Å². The second kappa shape index (κ2) is 4.90. The van der Waals surface area contributed by atoms with Crippen LogP contribution < -0.4 is 0 Å². The average molecular weight is 258 g/mol. The van der Waals surface area contributed by atoms with Crippen molar-refractivity contribution in [3.8, 4) is 10.6 Å². The Balaban J connectivity index is 1.80. The van der Waals surface area contributed by atoms with E-state index in [4.69, 9.17) is 0 Å². The molecule has 3 nitrogen and oxygen atoms in total. The summed E-state index contributed by atoms with van der Waals surface area (Å²) in [4.78, 5) is 19.5. The molecule has 1 fully saturated rings. The van der Waals surface area contributed by atoms with Crippen LogP contribution in [-0.4, -0.2) is 28.9 Å². The molecule has 4 heteroatoms. The molecule has 1 amide bonds. The third kappa shape index (κ3) is 2.16. The highest BCUT2D eigenvalue weighted by molar-refractivity contribution is 7.13. The third-order valence-corrected chi connectivity index (χ3v) is 4.07. The third-order valence-electron chi connectivity index (χ3n) is 3.18. The Morgan fingerprint density at radius 3 is 2.67 bits per heavy atom. The normalized spacial score (nSPS) is 15.0. The van der Waals surface area contributed by atoms with Crippen LogP contribution in [-0.2, 0) is 0 Å². The summed E-state index contributed by atoms with van der Waals surface area (Å²) in [5, 5.41) is 2.03. The molecule has 1 aliphatic rings. The van der Waals surface area contributed by atoms with E-state index in [1.54, 1.807) is 17.5 Å². The maximum absolute atomic E-state index is 12.1. The SMILES string of the molecule is O=C(c1ccc(-c2cccs2)nc1)N1CCCC1. The minimum Gasteiger partial charge on any atom is -0.339 e. The Morgan fingerprint density at radius 1 is 1.22 bits per heavy atom. The molecule has 0 aromatic carbocycles. The van der Waals surface area contributed by atoms with E-state index >= 15 is 0 Å². The predicted molar refractivity (Wildman–Crippen MR) is 72.7 cm³/mol. The highest BCUT2D eigenvalue weighted by Crippen LogP contribution is 2.22. The summed E-state index contributed by atoms with van der Waals surface area (Å²) < 4.78 is 0. The molecule has 0 aliphatic carbocycles. The van der Waals surface area contributed by atoms with Crippen molar-refractivity contribution in [3.63, 3.8) is 0 Å². The van der Waals surface area contributed by atoms with E-state index in [-0.39, 0.29) is 5.91 Å². The highest BCUT2D eigenvalue weighted by atomic mass is 32.1. The predicted octanol–water partition coefficient (Wildman–Crippen LogP) is 3.05. The van der Waals surface area contributed by atoms with E-state index in [0.29, 0.717) is 5.56 Å². The van der Waals surface area contributed by atoms with E-state index in [1.807, 2.05) is 34.5 Å². The van der Waals surface area contributed by atoms with Crippen molar-refractivity contribution in [3.05, 3.63) is 41.4 Å². The molecule has 18 heavy (non-hydrogen) atoms. The molecule has 3 heterocycles. The first-order valence-electron chi connectivity index (χ1n) is 6.14. The lowest BCUT2D eigenvalue weighted by Crippen LogP contribution is -2.27. The molecule has 1 aliphatic heterocycles. The molecule has 0 N–H and O–H groups in total. The Kier molecular flexibility index (Phi) is 3.11. The highest BCUT2D eigenvalue weighted by Gasteiger charge is 2.19. The van der Waals surface area contributed by atoms with Crippen molar-refractivity contribution in [1.29, 1.82) is 0 Å². The molecule has 0 saturated carbocycles. The van der Waals surface area contributed by atoms with Crippen molar-refractivity contribution in [1.82, 2.24) is 9.88 Å². The summed E-state index contributed by atoms with van der Waals surface area (Å²) in [7, 11) is 0. The van der Waals surface area contributed by atoms with Crippen LogP contribution in [0.5, 0.6) is 0 Å². The van der Waals surface area contributed by atoms with Gasteiger partial charge in [-0.05, 0) is 36.4 Å². The molecule has 0 spiro atoms. The van der Waals surface area contributed by atoms with Gasteiger partial charge >= 0.3 is 0 Å². The summed E-state index contributed by atoms with van der Waals surface area (Å²) in [6, 6.07) is 7.85. The first-order valence-corrected chi connectivity index (χ1v) is 7.02. The molecule has 92 valence electrons. The van der Waals surface area contributed by atoms with Gasteiger partial charge in [-0.1, -0.05) is 6.07 Å². The lowest BCUT2D eigenvalue weighted by Gasteiger charge is -2.14. The summed E-state index contributed by atoms with van der Waals surface area (Å²) >= 11 is 1.66. The van der Waals surface area contributed by atoms with Gasteiger partial charge in [-0.2, -0.15) is 0 Å². The lowest BCUT2D eigenvalue weighted by atomic mass is 10.2. The van der Waals surface area contributed by atoms with Gasteiger partial charge in [-0.15, -0.1) is 11.3 Å². The van der Waals surface area contributed by atoms with Gasteiger partial charge in [-0.25, -0.2) is 0 Å². The van der Waals surface area contributed by atoms with Gasteiger partial charge < -0.3 is 4.90 Å². The smallest absolute Gasteiger partial charge is 0.255 e. The van der Waals surface area contributed by atoms with Gasteiger partial charge in [0.15, 0.2) is 0 Å². The second-order valence-corrected chi connectivity index (χ2v) is 5.36. The van der Waals surface area contributed by atoms with Gasteiger partial charge in [0.1, 0.15) is 0 Å². The zero-order valence-corrected chi connectivity index (χ0v) is 10.8. The molecule has 1 saturated heterocycles. The van der Waals surface area contributed by atoms with Gasteiger partial charge in [-0.3, -0.25) is 9.78 Å². The molecule has 2 aromatic heterocycles. The van der Waals surface area contributed by atoms with E-state index in [2.05, 4.69) is 4.98 Å². The number of amides is 1. The number of carbonyl (C=O) groups is 1. The number of thiophene rings is 1. The maximum atomic E-state index is 12.1. The van der Waals surface area contributed by atoms with Crippen molar-refractivity contribution in [2.45, 2.75) is 12.8 Å². The van der Waals surface area contributed by atoms with Crippen LogP contribution >= 0.6 is 11.3 Å². The minimum atomic E-state index is 0.109. The monoisotopic (exact) mass is 258 g/mol. The van der Waals surface area contributed by atoms with Crippen LogP contribution in [0.4, 0.5) is 0 Å². The van der Waals surface area contributed by atoms with Crippen LogP contribution in [0.2, 0.25) is 0 Å². The number of carbonyl (C=O) groups excluding carboxylic acids is 1. The Bertz CT molecular complexity index is 527. The molecule has 2 aromatic rings. The van der Waals surface area contributed by atoms with Crippen molar-refractivity contribution in [2.75, 3.05) is 13.1 Å². The molecule has 0 radical (unpaired) electrons. The van der Waals surface area contributed by atoms with E-state index in [0.717, 1.165) is 36.5 Å². The summed E-state index contributed by atoms with van der Waals surface area (Å²) in [6.07, 6.45) is 3.93. The first kappa shape index (κ1) is 11.4. The molecule has 0 unspecified atom stereocenters. The largest absolute Gasteiger partial charge is 0.339 e. The van der Waals surface area contributed by atoms with E-state index in [9.17, 15) is 4.79 Å². The quantitative estimate of drug-likeness (QED) is 0.829. The Hall–Kier alpha value is -1.68. The van der Waals surface area contributed by atoms with Crippen LogP contribution in [0.15, 0.2) is 35.8 Å². The minimum absolute atomic E-state index is 0.109. The van der Waals surface area contributed by atoms with Gasteiger partial charge in [0.2, 0.25) is 0 Å². The summed E-state index contributed by atoms with van der Waals surface area (Å²) in [5.41, 5.74) is 1.63. The van der Waals surface area contributed by atoms with Crippen LogP contribution in [0.25, 0.3) is 10.6 Å². The van der Waals surface area contributed by atoms with Gasteiger partial charge in [0.05, 0.1) is 16.1 Å². The zero-order valence-electron chi connectivity index (χ0n) is 10.0. The van der Waals surface area contributed by atoms with Crippen molar-refractivity contribution < 1.29 is 4.79 Å². The van der Waals surface area contributed by atoms with E-state index < -0.39 is 0 Å². The fourth-order valence-electron chi connectivity index (χ4n) is 2.19. The van der Waals surface area contributed by atoms with E-state index in [1.165, 1.54) is 0 Å². The number of nitrogens with zero attached hydrogens (tertiary/aromatic N) is 2. The molecular weight excluding hydrogens is 244 g/mol. The zero-order chi connectivity index (χ0) is 12.4. The topological polar surface area (TPSA) is 33.2 Å². The maximum Gasteiger partial charge on any atom is 0.255 e. The molecular formula is C14H14N2OS. The van der Waals surface area contributed by atoms with Crippen LogP contribution in [0, 0.1) is 0 Å². The summed E-state index contributed by atoms with van der Waals surface area (Å²) in [5.74, 6) is 0.109. The Labute approximate surface area is 110 Å². The fraction of sp³-hybridized carbons (Fsp3) is 0.286. The first-order chi connectivity index (χ1) is 8.84. The number of hydrogen-bond acceptors (Lipinski definition) is 3. The molecule has 3 rings (SSSR count). The molecule has 0 bridgehead atoms. The van der Waals surface area contributed by atoms with Crippen molar-refractivity contribution >= 4 is 17.2 Å². The van der Waals surface area contributed by atoms with Crippen LogP contribution in [0.1, 0.15) is 23.2 Å². The molecule has 0 atom stereocenters. The van der Waals surface area contributed by atoms with Gasteiger partial charge in [0.25, 0.3) is 5.91 Å². The standard InChI is InChI=1S/C14H14N2OS/c17-14(16-7-1-2-8-16)11-5-6-12(15-10-11)13-4-3-9-18-13/h3-6,9-10H,1-2,7-8H2.